The van der Waals surface area contributed by atoms with Gasteiger partial charge >= 0.3 is 6.18 Å². The van der Waals surface area contributed by atoms with Crippen LogP contribution in [0.3, 0.4) is 0 Å². The zero-order chi connectivity index (χ0) is 18.8. The SMILES string of the molecule is CN(Cc1ccccc1C(F)(F)F)S(=O)(=O)c1ccccc1[N+](=O)[O-]. The van der Waals surface area contributed by atoms with Gasteiger partial charge < -0.3 is 0 Å². The van der Waals surface area contributed by atoms with Crippen LogP contribution in [0, 0.1) is 10.1 Å². The van der Waals surface area contributed by atoms with E-state index < -0.39 is 43.8 Å². The molecule has 0 spiro atoms. The largest absolute Gasteiger partial charge is 0.416 e. The van der Waals surface area contributed by atoms with Gasteiger partial charge in [0.25, 0.3) is 5.69 Å². The Hall–Kier alpha value is -2.46. The zero-order valence-electron chi connectivity index (χ0n) is 12.9. The van der Waals surface area contributed by atoms with Crippen molar-refractivity contribution in [2.75, 3.05) is 7.05 Å². The number of benzene rings is 2. The molecular weight excluding hydrogens is 361 g/mol. The number of sulfonamides is 1. The summed E-state index contributed by atoms with van der Waals surface area (Å²) in [6.45, 7) is -0.579. The number of nitro groups is 1. The minimum absolute atomic E-state index is 0.250. The van der Waals surface area contributed by atoms with Gasteiger partial charge in [-0.1, -0.05) is 30.3 Å². The van der Waals surface area contributed by atoms with Gasteiger partial charge in [0.05, 0.1) is 10.5 Å². The third-order valence-electron chi connectivity index (χ3n) is 3.47. The van der Waals surface area contributed by atoms with Crippen molar-refractivity contribution in [3.63, 3.8) is 0 Å². The van der Waals surface area contributed by atoms with Crippen LogP contribution in [0.1, 0.15) is 11.1 Å². The maximum Gasteiger partial charge on any atom is 0.416 e. The van der Waals surface area contributed by atoms with Crippen molar-refractivity contribution < 1.29 is 26.5 Å². The molecule has 0 aliphatic carbocycles. The molecule has 2 aromatic carbocycles. The van der Waals surface area contributed by atoms with E-state index >= 15 is 0 Å². The summed E-state index contributed by atoms with van der Waals surface area (Å²) in [7, 11) is -3.28. The van der Waals surface area contributed by atoms with Crippen LogP contribution in [0.2, 0.25) is 0 Å². The Morgan fingerprint density at radius 1 is 1.08 bits per heavy atom. The molecule has 0 radical (unpaired) electrons. The number of nitrogens with zero attached hydrogens (tertiary/aromatic N) is 2. The predicted octanol–water partition coefficient (Wildman–Crippen LogP) is 3.43. The van der Waals surface area contributed by atoms with Crippen molar-refractivity contribution in [2.24, 2.45) is 0 Å². The van der Waals surface area contributed by atoms with Gasteiger partial charge in [0.1, 0.15) is 0 Å². The molecule has 0 fully saturated rings. The Balaban J connectivity index is 2.43. The molecule has 2 rings (SSSR count). The van der Waals surface area contributed by atoms with Crippen molar-refractivity contribution in [1.82, 2.24) is 4.31 Å². The van der Waals surface area contributed by atoms with Crippen LogP contribution in [0.5, 0.6) is 0 Å². The molecule has 0 saturated heterocycles. The van der Waals surface area contributed by atoms with Crippen molar-refractivity contribution in [2.45, 2.75) is 17.6 Å². The van der Waals surface area contributed by atoms with Gasteiger partial charge in [0.2, 0.25) is 10.0 Å². The minimum Gasteiger partial charge on any atom is -0.258 e. The predicted molar refractivity (Wildman–Crippen MR) is 83.2 cm³/mol. The molecule has 0 saturated carbocycles. The molecule has 0 aliphatic rings. The molecular formula is C15H13F3N2O4S. The quantitative estimate of drug-likeness (QED) is 0.593. The topological polar surface area (TPSA) is 80.5 Å². The van der Waals surface area contributed by atoms with Crippen molar-refractivity contribution in [1.29, 1.82) is 0 Å². The molecule has 0 bridgehead atoms. The first-order chi connectivity index (χ1) is 11.5. The van der Waals surface area contributed by atoms with E-state index in [2.05, 4.69) is 0 Å². The van der Waals surface area contributed by atoms with Crippen LogP contribution in [0.25, 0.3) is 0 Å². The average Bonchev–Trinajstić information content (AvgIpc) is 2.54. The Labute approximate surface area is 141 Å². The third-order valence-corrected chi connectivity index (χ3v) is 5.32. The first-order valence-electron chi connectivity index (χ1n) is 6.90. The summed E-state index contributed by atoms with van der Waals surface area (Å²) in [6.07, 6.45) is -4.64. The van der Waals surface area contributed by atoms with E-state index in [1.165, 1.54) is 24.3 Å². The van der Waals surface area contributed by atoms with Gasteiger partial charge in [-0.15, -0.1) is 0 Å². The highest BCUT2D eigenvalue weighted by Crippen LogP contribution is 2.33. The standard InChI is InChI=1S/C15H13F3N2O4S/c1-19(10-11-6-2-3-7-12(11)15(16,17)18)25(23,24)14-9-5-4-8-13(14)20(21)22/h2-9H,10H2,1H3. The molecule has 0 heterocycles. The number of rotatable bonds is 5. The molecule has 0 aliphatic heterocycles. The Kier molecular flexibility index (Phi) is 5.14. The van der Waals surface area contributed by atoms with E-state index in [-0.39, 0.29) is 5.56 Å². The van der Waals surface area contributed by atoms with E-state index in [1.54, 1.807) is 0 Å². The lowest BCUT2D eigenvalue weighted by atomic mass is 10.1. The van der Waals surface area contributed by atoms with Crippen molar-refractivity contribution in [3.05, 3.63) is 69.8 Å². The first kappa shape index (κ1) is 18.9. The molecule has 10 heteroatoms. The van der Waals surface area contributed by atoms with Crippen LogP contribution in [-0.4, -0.2) is 24.7 Å². The monoisotopic (exact) mass is 374 g/mol. The number of hydrogen-bond donors (Lipinski definition) is 0. The zero-order valence-corrected chi connectivity index (χ0v) is 13.7. The smallest absolute Gasteiger partial charge is 0.258 e. The average molecular weight is 374 g/mol. The fourth-order valence-electron chi connectivity index (χ4n) is 2.25. The fraction of sp³-hybridized carbons (Fsp3) is 0.200. The summed E-state index contributed by atoms with van der Waals surface area (Å²) >= 11 is 0. The van der Waals surface area contributed by atoms with E-state index in [9.17, 15) is 31.7 Å². The molecule has 134 valence electrons. The van der Waals surface area contributed by atoms with Crippen molar-refractivity contribution >= 4 is 15.7 Å². The van der Waals surface area contributed by atoms with Crippen LogP contribution < -0.4 is 0 Å². The second-order valence-corrected chi connectivity index (χ2v) is 7.15. The molecule has 6 nitrogen and oxygen atoms in total. The number of alkyl halides is 3. The van der Waals surface area contributed by atoms with Crippen LogP contribution >= 0.6 is 0 Å². The molecule has 2 aromatic rings. The molecule has 25 heavy (non-hydrogen) atoms. The van der Waals surface area contributed by atoms with Crippen LogP contribution in [0.4, 0.5) is 18.9 Å². The summed E-state index contributed by atoms with van der Waals surface area (Å²) in [5, 5.41) is 11.0. The Morgan fingerprint density at radius 2 is 1.64 bits per heavy atom. The molecule has 0 unspecified atom stereocenters. The van der Waals surface area contributed by atoms with Gasteiger partial charge in [-0.3, -0.25) is 10.1 Å². The highest BCUT2D eigenvalue weighted by molar-refractivity contribution is 7.89. The summed E-state index contributed by atoms with van der Waals surface area (Å²) < 4.78 is 64.9. The summed E-state index contributed by atoms with van der Waals surface area (Å²) in [5.41, 5.74) is -1.85. The molecule has 0 aromatic heterocycles. The van der Waals surface area contributed by atoms with Crippen molar-refractivity contribution in [3.8, 4) is 0 Å². The highest BCUT2D eigenvalue weighted by atomic mass is 32.2. The van der Waals surface area contributed by atoms with Gasteiger partial charge in [-0.05, 0) is 17.7 Å². The Morgan fingerprint density at radius 3 is 2.24 bits per heavy atom. The molecule has 0 atom stereocenters. The van der Waals surface area contributed by atoms with Gasteiger partial charge in [0, 0.05) is 19.7 Å². The second-order valence-electron chi connectivity index (χ2n) is 5.14. The summed E-state index contributed by atoms with van der Waals surface area (Å²) in [5.74, 6) is 0. The van der Waals surface area contributed by atoms with E-state index in [4.69, 9.17) is 0 Å². The summed E-state index contributed by atoms with van der Waals surface area (Å²) in [6, 6.07) is 9.23. The number of nitro benzene ring substituents is 1. The van der Waals surface area contributed by atoms with E-state index in [1.807, 2.05) is 0 Å². The number of para-hydroxylation sites is 1. The second kappa shape index (κ2) is 6.81. The van der Waals surface area contributed by atoms with Crippen LogP contribution in [0.15, 0.2) is 53.4 Å². The molecule has 0 amide bonds. The lowest BCUT2D eigenvalue weighted by Crippen LogP contribution is -2.28. The lowest BCUT2D eigenvalue weighted by Gasteiger charge is -2.20. The van der Waals surface area contributed by atoms with Gasteiger partial charge in [-0.25, -0.2) is 8.42 Å². The minimum atomic E-state index is -4.64. The lowest BCUT2D eigenvalue weighted by molar-refractivity contribution is -0.387. The van der Waals surface area contributed by atoms with E-state index in [0.29, 0.717) is 4.31 Å². The highest BCUT2D eigenvalue weighted by Gasteiger charge is 2.35. The van der Waals surface area contributed by atoms with Crippen LogP contribution in [-0.2, 0) is 22.7 Å². The molecule has 0 N–H and O–H groups in total. The normalized spacial score (nSPS) is 12.4. The Bertz CT molecular complexity index is 898. The number of hydrogen-bond acceptors (Lipinski definition) is 4. The van der Waals surface area contributed by atoms with Gasteiger partial charge in [-0.2, -0.15) is 17.5 Å². The third kappa shape index (κ3) is 3.97. The van der Waals surface area contributed by atoms with Gasteiger partial charge in [0.15, 0.2) is 4.90 Å². The maximum atomic E-state index is 13.0. The fourth-order valence-corrected chi connectivity index (χ4v) is 3.56. The summed E-state index contributed by atoms with van der Waals surface area (Å²) in [4.78, 5) is 9.58. The number of halogens is 3. The maximum absolute atomic E-state index is 13.0. The first-order valence-corrected chi connectivity index (χ1v) is 8.34. The van der Waals surface area contributed by atoms with E-state index in [0.717, 1.165) is 31.3 Å².